The Morgan fingerprint density at radius 1 is 1.42 bits per heavy atom. The van der Waals surface area contributed by atoms with Gasteiger partial charge in [0.25, 0.3) is 0 Å². The molecular formula is C14H17BrN2O2. The Labute approximate surface area is 121 Å². The molecular weight excluding hydrogens is 308 g/mol. The zero-order chi connectivity index (χ0) is 13.7. The lowest BCUT2D eigenvalue weighted by atomic mass is 10.2. The number of hydrogen-bond donors (Lipinski definition) is 1. The number of rotatable bonds is 6. The van der Waals surface area contributed by atoms with Crippen LogP contribution in [0.25, 0.3) is 0 Å². The molecule has 102 valence electrons. The van der Waals surface area contributed by atoms with Crippen LogP contribution in [0.2, 0.25) is 0 Å². The van der Waals surface area contributed by atoms with Crippen LogP contribution >= 0.6 is 15.9 Å². The number of ether oxygens (including phenoxy) is 1. The second-order valence-electron chi connectivity index (χ2n) is 4.28. The summed E-state index contributed by atoms with van der Waals surface area (Å²) in [6.45, 7) is 3.48. The summed E-state index contributed by atoms with van der Waals surface area (Å²) in [7, 11) is 0. The molecule has 19 heavy (non-hydrogen) atoms. The van der Waals surface area contributed by atoms with Crippen molar-refractivity contribution in [2.45, 2.75) is 33.1 Å². The van der Waals surface area contributed by atoms with Gasteiger partial charge in [0.15, 0.2) is 0 Å². The van der Waals surface area contributed by atoms with Gasteiger partial charge in [-0.15, -0.1) is 0 Å². The Balaban J connectivity index is 2.07. The molecule has 0 atom stereocenters. The first-order chi connectivity index (χ1) is 9.24. The third-order valence-corrected chi connectivity index (χ3v) is 3.32. The maximum absolute atomic E-state index is 9.32. The van der Waals surface area contributed by atoms with Crippen LogP contribution in [0.4, 0.5) is 0 Å². The molecule has 0 aliphatic rings. The smallest absolute Gasteiger partial charge is 0.130 e. The van der Waals surface area contributed by atoms with Gasteiger partial charge in [-0.1, -0.05) is 22.9 Å². The monoisotopic (exact) mass is 324 g/mol. The highest BCUT2D eigenvalue weighted by Gasteiger charge is 2.06. The molecule has 1 aromatic carbocycles. The molecule has 1 aromatic heterocycles. The number of halogens is 1. The lowest BCUT2D eigenvalue weighted by molar-refractivity contribution is 0.255. The average molecular weight is 325 g/mol. The van der Waals surface area contributed by atoms with E-state index in [4.69, 9.17) is 4.74 Å². The van der Waals surface area contributed by atoms with Crippen molar-refractivity contribution in [2.24, 2.45) is 0 Å². The molecule has 0 bridgehead atoms. The molecule has 0 unspecified atom stereocenters. The lowest BCUT2D eigenvalue weighted by Crippen LogP contribution is -2.06. The highest BCUT2D eigenvalue weighted by Crippen LogP contribution is 2.24. The summed E-state index contributed by atoms with van der Waals surface area (Å²) in [5.41, 5.74) is 1.81. The standard InChI is InChI=1S/C14H17BrN2O2/c1-2-5-17-10-16-7-13(17)9-19-14-4-3-12(15)6-11(14)8-18/h3-4,6-7,10,18H,2,5,8-9H2,1H3. The fourth-order valence-electron chi connectivity index (χ4n) is 1.87. The second-order valence-corrected chi connectivity index (χ2v) is 5.19. The number of aryl methyl sites for hydroxylation is 1. The molecule has 0 saturated heterocycles. The molecule has 4 nitrogen and oxygen atoms in total. The van der Waals surface area contributed by atoms with Gasteiger partial charge in [-0.3, -0.25) is 0 Å². The van der Waals surface area contributed by atoms with Crippen LogP contribution < -0.4 is 4.74 Å². The second kappa shape index (κ2) is 6.73. The first-order valence-corrected chi connectivity index (χ1v) is 7.05. The third kappa shape index (κ3) is 3.58. The van der Waals surface area contributed by atoms with Crippen LogP contribution in [-0.4, -0.2) is 14.7 Å². The molecule has 0 amide bonds. The maximum atomic E-state index is 9.32. The number of nitrogens with zero attached hydrogens (tertiary/aromatic N) is 2. The molecule has 0 radical (unpaired) electrons. The van der Waals surface area contributed by atoms with E-state index >= 15 is 0 Å². The zero-order valence-corrected chi connectivity index (χ0v) is 12.4. The van der Waals surface area contributed by atoms with Crippen molar-refractivity contribution in [1.29, 1.82) is 0 Å². The van der Waals surface area contributed by atoms with Crippen molar-refractivity contribution in [3.8, 4) is 5.75 Å². The molecule has 5 heteroatoms. The third-order valence-electron chi connectivity index (χ3n) is 2.83. The summed E-state index contributed by atoms with van der Waals surface area (Å²) >= 11 is 3.38. The maximum Gasteiger partial charge on any atom is 0.130 e. The Bertz CT molecular complexity index is 540. The van der Waals surface area contributed by atoms with E-state index in [9.17, 15) is 5.11 Å². The predicted molar refractivity (Wildman–Crippen MR) is 76.9 cm³/mol. The van der Waals surface area contributed by atoms with Crippen LogP contribution in [-0.2, 0) is 19.8 Å². The highest BCUT2D eigenvalue weighted by atomic mass is 79.9. The Morgan fingerprint density at radius 2 is 2.26 bits per heavy atom. The SMILES string of the molecule is CCCn1cncc1COc1ccc(Br)cc1CO. The molecule has 0 fully saturated rings. The van der Waals surface area contributed by atoms with Crippen LogP contribution in [0.1, 0.15) is 24.6 Å². The van der Waals surface area contributed by atoms with E-state index in [1.54, 1.807) is 0 Å². The lowest BCUT2D eigenvalue weighted by Gasteiger charge is -2.12. The van der Waals surface area contributed by atoms with E-state index in [0.29, 0.717) is 12.4 Å². The minimum absolute atomic E-state index is 0.0387. The molecule has 1 N–H and O–H groups in total. The van der Waals surface area contributed by atoms with Crippen molar-refractivity contribution in [1.82, 2.24) is 9.55 Å². The molecule has 0 aliphatic heterocycles. The molecule has 1 heterocycles. The highest BCUT2D eigenvalue weighted by molar-refractivity contribution is 9.10. The van der Waals surface area contributed by atoms with Crippen molar-refractivity contribution in [3.05, 3.63) is 46.5 Å². The molecule has 0 saturated carbocycles. The summed E-state index contributed by atoms with van der Waals surface area (Å²) in [4.78, 5) is 4.14. The quantitative estimate of drug-likeness (QED) is 0.888. The van der Waals surface area contributed by atoms with Gasteiger partial charge in [0.1, 0.15) is 12.4 Å². The van der Waals surface area contributed by atoms with E-state index in [0.717, 1.165) is 28.7 Å². The number of aliphatic hydroxyl groups is 1. The molecule has 2 rings (SSSR count). The number of imidazole rings is 1. The van der Waals surface area contributed by atoms with Gasteiger partial charge >= 0.3 is 0 Å². The van der Waals surface area contributed by atoms with Crippen molar-refractivity contribution in [2.75, 3.05) is 0 Å². The molecule has 0 aliphatic carbocycles. The Hall–Kier alpha value is -1.33. The van der Waals surface area contributed by atoms with Crippen molar-refractivity contribution >= 4 is 15.9 Å². The van der Waals surface area contributed by atoms with Gasteiger partial charge in [-0.05, 0) is 24.6 Å². The zero-order valence-electron chi connectivity index (χ0n) is 10.8. The van der Waals surface area contributed by atoms with Crippen LogP contribution in [0.15, 0.2) is 35.2 Å². The van der Waals surface area contributed by atoms with Gasteiger partial charge in [0, 0.05) is 16.6 Å². The molecule has 2 aromatic rings. The van der Waals surface area contributed by atoms with Gasteiger partial charge in [0.05, 0.1) is 24.8 Å². The Kier molecular flexibility index (Phi) is 4.99. The molecule has 0 spiro atoms. The van der Waals surface area contributed by atoms with Crippen LogP contribution in [0.3, 0.4) is 0 Å². The fraction of sp³-hybridized carbons (Fsp3) is 0.357. The minimum Gasteiger partial charge on any atom is -0.487 e. The summed E-state index contributed by atoms with van der Waals surface area (Å²) in [6, 6.07) is 5.62. The van der Waals surface area contributed by atoms with Crippen molar-refractivity contribution < 1.29 is 9.84 Å². The number of aromatic nitrogens is 2. The van der Waals surface area contributed by atoms with E-state index in [2.05, 4.69) is 32.4 Å². The van der Waals surface area contributed by atoms with E-state index in [1.807, 2.05) is 30.7 Å². The predicted octanol–water partition coefficient (Wildman–Crippen LogP) is 3.13. The van der Waals surface area contributed by atoms with E-state index in [-0.39, 0.29) is 6.61 Å². The van der Waals surface area contributed by atoms with Crippen LogP contribution in [0, 0.1) is 0 Å². The topological polar surface area (TPSA) is 47.3 Å². The van der Waals surface area contributed by atoms with E-state index in [1.165, 1.54) is 0 Å². The normalized spacial score (nSPS) is 10.7. The summed E-state index contributed by atoms with van der Waals surface area (Å²) < 4.78 is 8.78. The number of benzene rings is 1. The summed E-state index contributed by atoms with van der Waals surface area (Å²) in [6.07, 6.45) is 4.69. The fourth-order valence-corrected chi connectivity index (χ4v) is 2.28. The van der Waals surface area contributed by atoms with E-state index < -0.39 is 0 Å². The Morgan fingerprint density at radius 3 is 3.00 bits per heavy atom. The summed E-state index contributed by atoms with van der Waals surface area (Å²) in [5.74, 6) is 0.704. The van der Waals surface area contributed by atoms with Crippen LogP contribution in [0.5, 0.6) is 5.75 Å². The van der Waals surface area contributed by atoms with Gasteiger partial charge in [0.2, 0.25) is 0 Å². The minimum atomic E-state index is -0.0387. The summed E-state index contributed by atoms with van der Waals surface area (Å²) in [5, 5.41) is 9.32. The van der Waals surface area contributed by atoms with Gasteiger partial charge in [-0.25, -0.2) is 4.98 Å². The average Bonchev–Trinajstić information content (AvgIpc) is 2.85. The first-order valence-electron chi connectivity index (χ1n) is 6.25. The van der Waals surface area contributed by atoms with Gasteiger partial charge < -0.3 is 14.4 Å². The van der Waals surface area contributed by atoms with Gasteiger partial charge in [-0.2, -0.15) is 0 Å². The first kappa shape index (κ1) is 14.1. The largest absolute Gasteiger partial charge is 0.487 e. The number of aliphatic hydroxyl groups excluding tert-OH is 1. The number of hydrogen-bond acceptors (Lipinski definition) is 3. The van der Waals surface area contributed by atoms with Crippen molar-refractivity contribution in [3.63, 3.8) is 0 Å².